The van der Waals surface area contributed by atoms with E-state index in [1.165, 1.54) is 5.01 Å². The maximum atomic E-state index is 12.3. The number of carbonyl (C=O) groups is 2. The van der Waals surface area contributed by atoms with Crippen molar-refractivity contribution in [2.75, 3.05) is 27.2 Å². The van der Waals surface area contributed by atoms with Crippen molar-refractivity contribution in [1.29, 1.82) is 0 Å². The highest BCUT2D eigenvalue weighted by Crippen LogP contribution is 2.33. The smallest absolute Gasteiger partial charge is 0.242 e. The summed E-state index contributed by atoms with van der Waals surface area (Å²) in [7, 11) is 3.91. The topological polar surface area (TPSA) is 53.0 Å². The molecular weight excluding hydrogens is 254 g/mol. The van der Waals surface area contributed by atoms with Gasteiger partial charge in [0, 0.05) is 25.6 Å². The molecule has 1 aliphatic carbocycles. The average molecular weight is 281 g/mol. The number of rotatable bonds is 7. The van der Waals surface area contributed by atoms with Crippen molar-refractivity contribution in [2.24, 2.45) is 16.9 Å². The summed E-state index contributed by atoms with van der Waals surface area (Å²) in [5, 5.41) is 5.25. The van der Waals surface area contributed by atoms with Crippen molar-refractivity contribution >= 4 is 18.4 Å². The standard InChI is InChI=1S/C15H27N3O2/c1-12(19)14-8-6-5-7-13(14)11-15(20)18(16-2)10-9-17(3)4/h13-14H,2,5-11H2,1,3-4H3/t13-,14+/m1/s1. The fourth-order valence-electron chi connectivity index (χ4n) is 2.89. The number of Topliss-reactive ketones (excluding diaryl/α,β-unsaturated/α-hetero) is 1. The van der Waals surface area contributed by atoms with E-state index >= 15 is 0 Å². The van der Waals surface area contributed by atoms with Crippen molar-refractivity contribution in [2.45, 2.75) is 39.0 Å². The molecule has 0 bridgehead atoms. The summed E-state index contributed by atoms with van der Waals surface area (Å²) in [5.41, 5.74) is 0. The maximum Gasteiger partial charge on any atom is 0.242 e. The van der Waals surface area contributed by atoms with Crippen LogP contribution in [0.4, 0.5) is 0 Å². The molecule has 0 N–H and O–H groups in total. The largest absolute Gasteiger partial charge is 0.308 e. The molecule has 1 amide bonds. The zero-order valence-electron chi connectivity index (χ0n) is 13.0. The second-order valence-corrected chi connectivity index (χ2v) is 5.93. The highest BCUT2D eigenvalue weighted by Gasteiger charge is 2.31. The summed E-state index contributed by atoms with van der Waals surface area (Å²) in [4.78, 5) is 26.0. The molecule has 1 saturated carbocycles. The third-order valence-corrected chi connectivity index (χ3v) is 4.09. The summed E-state index contributed by atoms with van der Waals surface area (Å²) in [6.07, 6.45) is 4.51. The summed E-state index contributed by atoms with van der Waals surface area (Å²) in [5.74, 6) is 0.430. The van der Waals surface area contributed by atoms with Crippen LogP contribution in [-0.2, 0) is 9.59 Å². The molecule has 5 heteroatoms. The van der Waals surface area contributed by atoms with Gasteiger partial charge in [0.2, 0.25) is 5.91 Å². The van der Waals surface area contributed by atoms with Gasteiger partial charge < -0.3 is 4.90 Å². The Hall–Kier alpha value is -1.23. The lowest BCUT2D eigenvalue weighted by atomic mass is 9.75. The van der Waals surface area contributed by atoms with E-state index in [-0.39, 0.29) is 23.5 Å². The Labute approximate surface area is 122 Å². The molecule has 1 rings (SSSR count). The highest BCUT2D eigenvalue weighted by atomic mass is 16.2. The number of amides is 1. The van der Waals surface area contributed by atoms with Crippen molar-refractivity contribution in [3.63, 3.8) is 0 Å². The van der Waals surface area contributed by atoms with E-state index in [0.29, 0.717) is 13.0 Å². The lowest BCUT2D eigenvalue weighted by Gasteiger charge is -2.30. The predicted molar refractivity (Wildman–Crippen MR) is 80.6 cm³/mol. The van der Waals surface area contributed by atoms with Gasteiger partial charge >= 0.3 is 0 Å². The van der Waals surface area contributed by atoms with E-state index in [1.54, 1.807) is 6.92 Å². The third-order valence-electron chi connectivity index (χ3n) is 4.09. The summed E-state index contributed by atoms with van der Waals surface area (Å²) in [6.45, 7) is 6.42. The Bertz CT molecular complexity index is 355. The number of hydrogen-bond donors (Lipinski definition) is 0. The summed E-state index contributed by atoms with van der Waals surface area (Å²) < 4.78 is 0. The van der Waals surface area contributed by atoms with E-state index in [2.05, 4.69) is 11.8 Å². The van der Waals surface area contributed by atoms with Gasteiger partial charge in [0.05, 0.1) is 6.54 Å². The van der Waals surface area contributed by atoms with Crippen LogP contribution in [0.5, 0.6) is 0 Å². The SMILES string of the molecule is C=NN(CCN(C)C)C(=O)C[C@H]1CCCC[C@H]1C(C)=O. The molecule has 0 heterocycles. The van der Waals surface area contributed by atoms with Gasteiger partial charge in [-0.3, -0.25) is 9.59 Å². The first-order valence-electron chi connectivity index (χ1n) is 7.38. The number of ketones is 1. The van der Waals surface area contributed by atoms with Crippen molar-refractivity contribution in [3.05, 3.63) is 0 Å². The molecule has 0 aromatic carbocycles. The van der Waals surface area contributed by atoms with Gasteiger partial charge in [-0.15, -0.1) is 0 Å². The van der Waals surface area contributed by atoms with E-state index < -0.39 is 0 Å². The van der Waals surface area contributed by atoms with E-state index in [9.17, 15) is 9.59 Å². The molecule has 0 unspecified atom stereocenters. The van der Waals surface area contributed by atoms with Crippen LogP contribution in [0, 0.1) is 11.8 Å². The zero-order valence-corrected chi connectivity index (χ0v) is 13.0. The second kappa shape index (κ2) is 8.15. The van der Waals surface area contributed by atoms with Crippen LogP contribution in [-0.4, -0.2) is 55.5 Å². The van der Waals surface area contributed by atoms with Gasteiger partial charge in [-0.1, -0.05) is 12.8 Å². The Balaban J connectivity index is 2.57. The summed E-state index contributed by atoms with van der Waals surface area (Å²) in [6, 6.07) is 0. The Morgan fingerprint density at radius 3 is 2.40 bits per heavy atom. The molecule has 0 saturated heterocycles. The average Bonchev–Trinajstić information content (AvgIpc) is 2.39. The quantitative estimate of drug-likeness (QED) is 0.528. The Morgan fingerprint density at radius 1 is 1.20 bits per heavy atom. The van der Waals surface area contributed by atoms with Crippen molar-refractivity contribution in [3.8, 4) is 0 Å². The van der Waals surface area contributed by atoms with Gasteiger partial charge in [0.25, 0.3) is 0 Å². The summed E-state index contributed by atoms with van der Waals surface area (Å²) >= 11 is 0. The lowest BCUT2D eigenvalue weighted by molar-refractivity contribution is -0.134. The lowest BCUT2D eigenvalue weighted by Crippen LogP contribution is -2.36. The van der Waals surface area contributed by atoms with E-state index in [0.717, 1.165) is 32.2 Å². The normalized spacial score (nSPS) is 22.6. The fraction of sp³-hybridized carbons (Fsp3) is 0.800. The minimum absolute atomic E-state index is 0.0139. The highest BCUT2D eigenvalue weighted by molar-refractivity contribution is 5.81. The molecule has 5 nitrogen and oxygen atoms in total. The van der Waals surface area contributed by atoms with Crippen LogP contribution in [0.2, 0.25) is 0 Å². The first-order valence-corrected chi connectivity index (χ1v) is 7.38. The molecule has 1 aliphatic rings. The molecule has 20 heavy (non-hydrogen) atoms. The molecule has 114 valence electrons. The number of nitrogens with zero attached hydrogens (tertiary/aromatic N) is 3. The minimum Gasteiger partial charge on any atom is -0.308 e. The first kappa shape index (κ1) is 16.8. The van der Waals surface area contributed by atoms with Gasteiger partial charge in [0.15, 0.2) is 0 Å². The van der Waals surface area contributed by atoms with Crippen LogP contribution in [0.15, 0.2) is 5.10 Å². The van der Waals surface area contributed by atoms with Crippen LogP contribution in [0.25, 0.3) is 0 Å². The van der Waals surface area contributed by atoms with E-state index in [4.69, 9.17) is 0 Å². The first-order chi connectivity index (χ1) is 9.45. The molecule has 0 radical (unpaired) electrons. The monoisotopic (exact) mass is 281 g/mol. The minimum atomic E-state index is -0.0139. The van der Waals surface area contributed by atoms with Gasteiger partial charge in [0.1, 0.15) is 5.78 Å². The van der Waals surface area contributed by atoms with E-state index in [1.807, 2.05) is 19.0 Å². The number of carbonyl (C=O) groups excluding carboxylic acids is 2. The number of hydrazone groups is 1. The third kappa shape index (κ3) is 5.04. The Morgan fingerprint density at radius 2 is 1.85 bits per heavy atom. The molecule has 0 aromatic rings. The van der Waals surface area contributed by atoms with Crippen LogP contribution in [0.1, 0.15) is 39.0 Å². The fourth-order valence-corrected chi connectivity index (χ4v) is 2.89. The molecule has 0 aromatic heterocycles. The molecule has 1 fully saturated rings. The molecule has 0 aliphatic heterocycles. The van der Waals surface area contributed by atoms with Gasteiger partial charge in [-0.2, -0.15) is 5.10 Å². The predicted octanol–water partition coefficient (Wildman–Crippen LogP) is 1.78. The van der Waals surface area contributed by atoms with Crippen LogP contribution < -0.4 is 0 Å². The van der Waals surface area contributed by atoms with Crippen molar-refractivity contribution in [1.82, 2.24) is 9.91 Å². The number of hydrogen-bond acceptors (Lipinski definition) is 4. The van der Waals surface area contributed by atoms with Gasteiger partial charge in [-0.05, 0) is 39.8 Å². The zero-order chi connectivity index (χ0) is 15.1. The van der Waals surface area contributed by atoms with Gasteiger partial charge in [-0.25, -0.2) is 5.01 Å². The van der Waals surface area contributed by atoms with Crippen LogP contribution in [0.3, 0.4) is 0 Å². The Kier molecular flexibility index (Phi) is 6.85. The van der Waals surface area contributed by atoms with Crippen LogP contribution >= 0.6 is 0 Å². The molecule has 2 atom stereocenters. The molecular formula is C15H27N3O2. The second-order valence-electron chi connectivity index (χ2n) is 5.93. The number of likely N-dealkylation sites (N-methyl/N-ethyl adjacent to an activating group) is 1. The maximum absolute atomic E-state index is 12.3. The van der Waals surface area contributed by atoms with Crippen molar-refractivity contribution < 1.29 is 9.59 Å². The molecule has 0 spiro atoms.